The van der Waals surface area contributed by atoms with Gasteiger partial charge < -0.3 is 20.3 Å². The highest BCUT2D eigenvalue weighted by molar-refractivity contribution is 14.0. The predicted molar refractivity (Wildman–Crippen MR) is 141 cm³/mol. The van der Waals surface area contributed by atoms with Gasteiger partial charge in [-0.25, -0.2) is 9.98 Å². The summed E-state index contributed by atoms with van der Waals surface area (Å²) in [6, 6.07) is 20.2. The molecular weight excluding hydrogens is 513 g/mol. The average Bonchev–Trinajstić information content (AvgIpc) is 3.24. The maximum absolute atomic E-state index is 10.8. The van der Waals surface area contributed by atoms with Crippen LogP contribution in [0, 0.1) is 0 Å². The maximum Gasteiger partial charge on any atom is 0.191 e. The van der Waals surface area contributed by atoms with Gasteiger partial charge in [-0.2, -0.15) is 0 Å². The van der Waals surface area contributed by atoms with Crippen LogP contribution >= 0.6 is 24.0 Å². The quantitative estimate of drug-likeness (QED) is 0.203. The second-order valence-electron chi connectivity index (χ2n) is 7.81. The summed E-state index contributed by atoms with van der Waals surface area (Å²) < 4.78 is 2.16. The van der Waals surface area contributed by atoms with Crippen LogP contribution in [-0.2, 0) is 25.1 Å². The molecule has 3 aromatic rings. The van der Waals surface area contributed by atoms with Gasteiger partial charge in [-0.05, 0) is 37.8 Å². The number of rotatable bonds is 10. The van der Waals surface area contributed by atoms with Gasteiger partial charge in [0, 0.05) is 25.5 Å². The van der Waals surface area contributed by atoms with Crippen LogP contribution in [0.4, 0.5) is 0 Å². The van der Waals surface area contributed by atoms with Crippen LogP contribution in [0.5, 0.6) is 0 Å². The number of aliphatic hydroxyl groups is 1. The van der Waals surface area contributed by atoms with E-state index in [0.717, 1.165) is 37.3 Å². The second kappa shape index (κ2) is 13.2. The van der Waals surface area contributed by atoms with E-state index in [1.165, 1.54) is 5.56 Å². The number of benzene rings is 2. The summed E-state index contributed by atoms with van der Waals surface area (Å²) in [7, 11) is 0. The fraction of sp³-hybridized carbons (Fsp3) is 0.360. The van der Waals surface area contributed by atoms with Crippen molar-refractivity contribution in [3.63, 3.8) is 0 Å². The SMILES string of the molecule is CCNC(=NCc1nccn1CCCc1ccccc1)NCC(C)(O)c1ccccc1.I. The Morgan fingerprint density at radius 1 is 1.06 bits per heavy atom. The minimum Gasteiger partial charge on any atom is -0.384 e. The molecule has 1 aromatic heterocycles. The van der Waals surface area contributed by atoms with Crippen LogP contribution in [0.25, 0.3) is 0 Å². The van der Waals surface area contributed by atoms with Crippen LogP contribution in [0.2, 0.25) is 0 Å². The predicted octanol–water partition coefficient (Wildman–Crippen LogP) is 4.10. The first-order chi connectivity index (χ1) is 15.1. The minimum absolute atomic E-state index is 0. The molecule has 0 radical (unpaired) electrons. The van der Waals surface area contributed by atoms with Gasteiger partial charge in [-0.15, -0.1) is 24.0 Å². The molecule has 0 saturated carbocycles. The monoisotopic (exact) mass is 547 g/mol. The molecule has 1 heterocycles. The van der Waals surface area contributed by atoms with Crippen LogP contribution in [0.15, 0.2) is 78.0 Å². The van der Waals surface area contributed by atoms with E-state index in [1.54, 1.807) is 6.92 Å². The second-order valence-corrected chi connectivity index (χ2v) is 7.81. The molecule has 0 fully saturated rings. The van der Waals surface area contributed by atoms with Gasteiger partial charge in [0.2, 0.25) is 0 Å². The summed E-state index contributed by atoms with van der Waals surface area (Å²) in [5, 5.41) is 17.3. The Kier molecular flexibility index (Phi) is 10.7. The Labute approximate surface area is 208 Å². The van der Waals surface area contributed by atoms with Crippen molar-refractivity contribution in [1.82, 2.24) is 20.2 Å². The first-order valence-electron chi connectivity index (χ1n) is 10.9. The summed E-state index contributed by atoms with van der Waals surface area (Å²) >= 11 is 0. The fourth-order valence-corrected chi connectivity index (χ4v) is 3.44. The van der Waals surface area contributed by atoms with Crippen LogP contribution in [-0.4, -0.2) is 33.7 Å². The topological polar surface area (TPSA) is 74.5 Å². The summed E-state index contributed by atoms with van der Waals surface area (Å²) in [5.74, 6) is 1.60. The lowest BCUT2D eigenvalue weighted by atomic mass is 9.96. The number of hydrogen-bond donors (Lipinski definition) is 3. The van der Waals surface area contributed by atoms with Gasteiger partial charge >= 0.3 is 0 Å². The Morgan fingerprint density at radius 3 is 2.44 bits per heavy atom. The van der Waals surface area contributed by atoms with E-state index in [-0.39, 0.29) is 24.0 Å². The van der Waals surface area contributed by atoms with E-state index < -0.39 is 5.60 Å². The van der Waals surface area contributed by atoms with Crippen molar-refractivity contribution in [1.29, 1.82) is 0 Å². The van der Waals surface area contributed by atoms with Gasteiger partial charge in [0.25, 0.3) is 0 Å². The van der Waals surface area contributed by atoms with Crippen molar-refractivity contribution >= 4 is 29.9 Å². The lowest BCUT2D eigenvalue weighted by molar-refractivity contribution is 0.0617. The summed E-state index contributed by atoms with van der Waals surface area (Å²) in [5.41, 5.74) is 1.23. The lowest BCUT2D eigenvalue weighted by Crippen LogP contribution is -2.44. The zero-order valence-corrected chi connectivity index (χ0v) is 21.2. The van der Waals surface area contributed by atoms with Crippen molar-refractivity contribution in [3.05, 3.63) is 90.0 Å². The average molecular weight is 547 g/mol. The molecule has 32 heavy (non-hydrogen) atoms. The van der Waals surface area contributed by atoms with Crippen LogP contribution in [0.3, 0.4) is 0 Å². The minimum atomic E-state index is -0.993. The molecule has 0 aliphatic rings. The number of aliphatic imine (C=N–C) groups is 1. The number of imidazole rings is 1. The molecule has 3 rings (SSSR count). The van der Waals surface area contributed by atoms with Crippen molar-refractivity contribution in [2.75, 3.05) is 13.1 Å². The highest BCUT2D eigenvalue weighted by Crippen LogP contribution is 2.18. The third-order valence-corrected chi connectivity index (χ3v) is 5.23. The van der Waals surface area contributed by atoms with Gasteiger partial charge in [0.15, 0.2) is 5.96 Å². The van der Waals surface area contributed by atoms with Gasteiger partial charge in [0.05, 0.1) is 6.54 Å². The number of nitrogens with zero attached hydrogens (tertiary/aromatic N) is 3. The third-order valence-electron chi connectivity index (χ3n) is 5.23. The Morgan fingerprint density at radius 2 is 1.75 bits per heavy atom. The van der Waals surface area contributed by atoms with Gasteiger partial charge in [-0.1, -0.05) is 60.7 Å². The molecule has 0 aliphatic carbocycles. The zero-order valence-electron chi connectivity index (χ0n) is 18.9. The Balaban J connectivity index is 0.00000363. The van der Waals surface area contributed by atoms with Crippen LogP contribution < -0.4 is 10.6 Å². The van der Waals surface area contributed by atoms with Crippen molar-refractivity contribution < 1.29 is 5.11 Å². The van der Waals surface area contributed by atoms with Gasteiger partial charge in [0.1, 0.15) is 18.0 Å². The molecule has 0 saturated heterocycles. The number of aryl methyl sites for hydroxylation is 2. The standard InChI is InChI=1S/C25H33N5O.HI/c1-3-26-24(29-20-25(2,31)22-14-8-5-9-15-22)28-19-23-27-16-18-30(23)17-10-13-21-11-6-4-7-12-21;/h4-9,11-12,14-16,18,31H,3,10,13,17,19-20H2,1-2H3,(H2,26,28,29);1H. The van der Waals surface area contributed by atoms with E-state index >= 15 is 0 Å². The molecule has 0 spiro atoms. The number of aromatic nitrogens is 2. The molecule has 0 aliphatic heterocycles. The molecule has 3 N–H and O–H groups in total. The van der Waals surface area contributed by atoms with E-state index in [4.69, 9.17) is 0 Å². The molecular formula is C25H34IN5O. The molecule has 7 heteroatoms. The van der Waals surface area contributed by atoms with Crippen molar-refractivity contribution in [2.24, 2.45) is 4.99 Å². The molecule has 0 bridgehead atoms. The summed E-state index contributed by atoms with van der Waals surface area (Å²) in [6.07, 6.45) is 5.93. The smallest absolute Gasteiger partial charge is 0.191 e. The molecule has 6 nitrogen and oxygen atoms in total. The number of hydrogen-bond acceptors (Lipinski definition) is 3. The normalized spacial score (nSPS) is 13.2. The largest absolute Gasteiger partial charge is 0.384 e. The maximum atomic E-state index is 10.8. The highest BCUT2D eigenvalue weighted by atomic mass is 127. The zero-order chi connectivity index (χ0) is 21.9. The van der Waals surface area contributed by atoms with Gasteiger partial charge in [-0.3, -0.25) is 0 Å². The van der Waals surface area contributed by atoms with E-state index in [2.05, 4.69) is 49.4 Å². The third kappa shape index (κ3) is 7.94. The van der Waals surface area contributed by atoms with Crippen molar-refractivity contribution in [2.45, 2.75) is 45.4 Å². The highest BCUT2D eigenvalue weighted by Gasteiger charge is 2.23. The molecule has 1 atom stereocenters. The Hall–Kier alpha value is -2.39. The number of nitrogens with one attached hydrogen (secondary N) is 2. The van der Waals surface area contributed by atoms with Crippen LogP contribution in [0.1, 0.15) is 37.2 Å². The molecule has 2 aromatic carbocycles. The first-order valence-corrected chi connectivity index (χ1v) is 10.9. The first kappa shape index (κ1) is 25.9. The van der Waals surface area contributed by atoms with E-state index in [0.29, 0.717) is 19.0 Å². The fourth-order valence-electron chi connectivity index (χ4n) is 3.44. The van der Waals surface area contributed by atoms with E-state index in [1.807, 2.05) is 55.7 Å². The molecule has 0 amide bonds. The lowest BCUT2D eigenvalue weighted by Gasteiger charge is -2.25. The summed E-state index contributed by atoms with van der Waals surface area (Å²) in [6.45, 7) is 6.31. The summed E-state index contributed by atoms with van der Waals surface area (Å²) in [4.78, 5) is 9.16. The Bertz CT molecular complexity index is 941. The molecule has 172 valence electrons. The van der Waals surface area contributed by atoms with Crippen molar-refractivity contribution in [3.8, 4) is 0 Å². The molecule has 1 unspecified atom stereocenters. The van der Waals surface area contributed by atoms with E-state index in [9.17, 15) is 5.11 Å². The number of guanidine groups is 1. The number of halogens is 1.